The van der Waals surface area contributed by atoms with Crippen LogP contribution in [0.25, 0.3) is 0 Å². The Hall–Kier alpha value is -1.02. The fourth-order valence-corrected chi connectivity index (χ4v) is 0.926. The van der Waals surface area contributed by atoms with Crippen molar-refractivity contribution < 1.29 is 9.53 Å². The van der Waals surface area contributed by atoms with E-state index in [0.717, 1.165) is 0 Å². The first-order valence-corrected chi connectivity index (χ1v) is 4.40. The minimum Gasteiger partial charge on any atom is -0.483 e. The fourth-order valence-electron chi connectivity index (χ4n) is 0.800. The van der Waals surface area contributed by atoms with Gasteiger partial charge < -0.3 is 4.74 Å². The monoisotopic (exact) mass is 198 g/mol. The van der Waals surface area contributed by atoms with E-state index in [1.54, 1.807) is 31.2 Å². The Morgan fingerprint density at radius 2 is 1.92 bits per heavy atom. The van der Waals surface area contributed by atoms with Gasteiger partial charge in [-0.05, 0) is 38.1 Å². The molecule has 0 spiro atoms. The van der Waals surface area contributed by atoms with Crippen LogP contribution in [0.3, 0.4) is 0 Å². The average Bonchev–Trinajstić information content (AvgIpc) is 2.08. The lowest BCUT2D eigenvalue weighted by Crippen LogP contribution is -2.20. The molecule has 0 bridgehead atoms. The van der Waals surface area contributed by atoms with Gasteiger partial charge >= 0.3 is 0 Å². The highest BCUT2D eigenvalue weighted by Gasteiger charge is 2.08. The molecule has 0 aliphatic carbocycles. The van der Waals surface area contributed by atoms with Gasteiger partial charge in [0.25, 0.3) is 0 Å². The van der Waals surface area contributed by atoms with Crippen LogP contribution in [0.5, 0.6) is 5.75 Å². The van der Waals surface area contributed by atoms with E-state index < -0.39 is 6.10 Å². The lowest BCUT2D eigenvalue weighted by atomic mass is 10.3. The second-order valence-corrected chi connectivity index (χ2v) is 3.26. The Kier molecular flexibility index (Phi) is 3.32. The minimum absolute atomic E-state index is 0.00921. The zero-order chi connectivity index (χ0) is 9.84. The molecule has 0 aromatic heterocycles. The third kappa shape index (κ3) is 3.07. The molecule has 1 rings (SSSR count). The number of carbonyl (C=O) groups is 1. The van der Waals surface area contributed by atoms with Gasteiger partial charge in [0.2, 0.25) is 0 Å². The zero-order valence-corrected chi connectivity index (χ0v) is 8.34. The van der Waals surface area contributed by atoms with Crippen LogP contribution in [0.4, 0.5) is 0 Å². The van der Waals surface area contributed by atoms with Crippen molar-refractivity contribution in [3.63, 3.8) is 0 Å². The summed E-state index contributed by atoms with van der Waals surface area (Å²) in [5, 5.41) is 0.655. The number of hydrogen-bond donors (Lipinski definition) is 0. The predicted octanol–water partition coefficient (Wildman–Crippen LogP) is 2.70. The Morgan fingerprint density at radius 1 is 1.38 bits per heavy atom. The average molecular weight is 199 g/mol. The minimum atomic E-state index is -0.402. The number of hydrogen-bond acceptors (Lipinski definition) is 2. The van der Waals surface area contributed by atoms with Crippen molar-refractivity contribution in [3.05, 3.63) is 29.3 Å². The summed E-state index contributed by atoms with van der Waals surface area (Å²) in [6.07, 6.45) is -0.402. The van der Waals surface area contributed by atoms with Crippen LogP contribution in [-0.2, 0) is 4.79 Å². The SMILES string of the molecule is CC(=O)C(C)Oc1ccc(Cl)cc1. The highest BCUT2D eigenvalue weighted by atomic mass is 35.5. The van der Waals surface area contributed by atoms with E-state index >= 15 is 0 Å². The summed E-state index contributed by atoms with van der Waals surface area (Å²) in [5.74, 6) is 0.669. The zero-order valence-electron chi connectivity index (χ0n) is 7.58. The van der Waals surface area contributed by atoms with E-state index in [-0.39, 0.29) is 5.78 Å². The first-order valence-electron chi connectivity index (χ1n) is 4.02. The van der Waals surface area contributed by atoms with Gasteiger partial charge in [-0.25, -0.2) is 0 Å². The molecule has 70 valence electrons. The van der Waals surface area contributed by atoms with Crippen molar-refractivity contribution >= 4 is 17.4 Å². The third-order valence-electron chi connectivity index (χ3n) is 1.70. The largest absolute Gasteiger partial charge is 0.483 e. The van der Waals surface area contributed by atoms with Gasteiger partial charge in [0.05, 0.1) is 0 Å². The van der Waals surface area contributed by atoms with Crippen LogP contribution in [0.1, 0.15) is 13.8 Å². The van der Waals surface area contributed by atoms with E-state index in [1.807, 2.05) is 0 Å². The van der Waals surface area contributed by atoms with Crippen molar-refractivity contribution in [3.8, 4) is 5.75 Å². The van der Waals surface area contributed by atoms with Gasteiger partial charge in [-0.3, -0.25) is 4.79 Å². The maximum absolute atomic E-state index is 10.9. The number of ketones is 1. The van der Waals surface area contributed by atoms with Crippen LogP contribution in [0.2, 0.25) is 5.02 Å². The van der Waals surface area contributed by atoms with Gasteiger partial charge in [0, 0.05) is 5.02 Å². The van der Waals surface area contributed by atoms with Crippen LogP contribution in [0.15, 0.2) is 24.3 Å². The molecule has 1 aromatic rings. The number of ether oxygens (including phenoxy) is 1. The number of halogens is 1. The molecule has 13 heavy (non-hydrogen) atoms. The number of rotatable bonds is 3. The Bertz CT molecular complexity index is 292. The van der Waals surface area contributed by atoms with E-state index in [0.29, 0.717) is 10.8 Å². The van der Waals surface area contributed by atoms with Crippen molar-refractivity contribution in [2.45, 2.75) is 20.0 Å². The molecule has 0 radical (unpaired) electrons. The summed E-state index contributed by atoms with van der Waals surface area (Å²) >= 11 is 5.69. The van der Waals surface area contributed by atoms with Crippen LogP contribution in [-0.4, -0.2) is 11.9 Å². The standard InChI is InChI=1S/C10H11ClO2/c1-7(12)8(2)13-10-5-3-9(11)4-6-10/h3-6,8H,1-2H3. The molecule has 0 aliphatic rings. The van der Waals surface area contributed by atoms with Crippen LogP contribution in [0, 0.1) is 0 Å². The first-order chi connectivity index (χ1) is 6.09. The molecular weight excluding hydrogens is 188 g/mol. The molecule has 0 amide bonds. The lowest BCUT2D eigenvalue weighted by molar-refractivity contribution is -0.122. The Balaban J connectivity index is 2.64. The molecule has 3 heteroatoms. The van der Waals surface area contributed by atoms with Crippen molar-refractivity contribution in [1.82, 2.24) is 0 Å². The summed E-state index contributed by atoms with van der Waals surface area (Å²) in [4.78, 5) is 10.9. The molecule has 2 nitrogen and oxygen atoms in total. The molecular formula is C10H11ClO2. The Labute approximate surface area is 82.5 Å². The Morgan fingerprint density at radius 3 is 2.38 bits per heavy atom. The van der Waals surface area contributed by atoms with Gasteiger partial charge in [0.15, 0.2) is 11.9 Å². The molecule has 1 atom stereocenters. The quantitative estimate of drug-likeness (QED) is 0.747. The predicted molar refractivity (Wildman–Crippen MR) is 52.2 cm³/mol. The summed E-state index contributed by atoms with van der Waals surface area (Å²) in [7, 11) is 0. The van der Waals surface area contributed by atoms with Gasteiger partial charge in [0.1, 0.15) is 5.75 Å². The van der Waals surface area contributed by atoms with Crippen LogP contribution < -0.4 is 4.74 Å². The fraction of sp³-hybridized carbons (Fsp3) is 0.300. The summed E-state index contributed by atoms with van der Waals surface area (Å²) in [5.41, 5.74) is 0. The highest BCUT2D eigenvalue weighted by molar-refractivity contribution is 6.30. The van der Waals surface area contributed by atoms with Gasteiger partial charge in [-0.1, -0.05) is 11.6 Å². The van der Waals surface area contributed by atoms with Crippen molar-refractivity contribution in [1.29, 1.82) is 0 Å². The summed E-state index contributed by atoms with van der Waals surface area (Å²) < 4.78 is 5.32. The molecule has 0 aliphatic heterocycles. The molecule has 0 N–H and O–H groups in total. The van der Waals surface area contributed by atoms with Crippen LogP contribution >= 0.6 is 11.6 Å². The van der Waals surface area contributed by atoms with E-state index in [4.69, 9.17) is 16.3 Å². The van der Waals surface area contributed by atoms with Crippen molar-refractivity contribution in [2.24, 2.45) is 0 Å². The molecule has 1 unspecified atom stereocenters. The van der Waals surface area contributed by atoms with Gasteiger partial charge in [-0.15, -0.1) is 0 Å². The second kappa shape index (κ2) is 4.28. The molecule has 1 aromatic carbocycles. The summed E-state index contributed by atoms with van der Waals surface area (Å²) in [6, 6.07) is 6.93. The maximum Gasteiger partial charge on any atom is 0.169 e. The molecule has 0 fully saturated rings. The maximum atomic E-state index is 10.9. The van der Waals surface area contributed by atoms with E-state index in [2.05, 4.69) is 0 Å². The van der Waals surface area contributed by atoms with Crippen molar-refractivity contribution in [2.75, 3.05) is 0 Å². The first kappa shape index (κ1) is 10.1. The molecule has 0 saturated carbocycles. The molecule has 0 heterocycles. The summed E-state index contributed by atoms with van der Waals surface area (Å²) in [6.45, 7) is 3.22. The van der Waals surface area contributed by atoms with E-state index in [9.17, 15) is 4.79 Å². The van der Waals surface area contributed by atoms with Gasteiger partial charge in [-0.2, -0.15) is 0 Å². The molecule has 0 saturated heterocycles. The second-order valence-electron chi connectivity index (χ2n) is 2.82. The number of benzene rings is 1. The number of carbonyl (C=O) groups excluding carboxylic acids is 1. The topological polar surface area (TPSA) is 26.3 Å². The van der Waals surface area contributed by atoms with E-state index in [1.165, 1.54) is 6.92 Å². The smallest absolute Gasteiger partial charge is 0.169 e. The highest BCUT2D eigenvalue weighted by Crippen LogP contribution is 2.16. The normalized spacial score (nSPS) is 12.2. The third-order valence-corrected chi connectivity index (χ3v) is 1.95. The lowest BCUT2D eigenvalue weighted by Gasteiger charge is -2.10. The number of Topliss-reactive ketones (excluding diaryl/α,β-unsaturated/α-hetero) is 1.